The van der Waals surface area contributed by atoms with Crippen LogP contribution in [-0.2, 0) is 14.8 Å². The fraction of sp³-hybridized carbons (Fsp3) is 0.222. The molecule has 2 aromatic carbocycles. The van der Waals surface area contributed by atoms with Crippen molar-refractivity contribution in [2.75, 3.05) is 7.11 Å². The molecule has 7 heteroatoms. The first-order valence-electron chi connectivity index (χ1n) is 7.65. The van der Waals surface area contributed by atoms with Gasteiger partial charge in [-0.05, 0) is 54.3 Å². The van der Waals surface area contributed by atoms with Gasteiger partial charge in [0.1, 0.15) is 5.75 Å². The summed E-state index contributed by atoms with van der Waals surface area (Å²) in [6.45, 7) is 0. The molecule has 1 fully saturated rings. The lowest BCUT2D eigenvalue weighted by Crippen LogP contribution is -2.32. The van der Waals surface area contributed by atoms with E-state index in [1.54, 1.807) is 18.2 Å². The van der Waals surface area contributed by atoms with Crippen LogP contribution in [0.1, 0.15) is 23.5 Å². The highest BCUT2D eigenvalue weighted by Gasteiger charge is 2.45. The van der Waals surface area contributed by atoms with Crippen molar-refractivity contribution in [3.8, 4) is 11.8 Å². The van der Waals surface area contributed by atoms with Crippen LogP contribution in [0.15, 0.2) is 53.4 Å². The van der Waals surface area contributed by atoms with E-state index in [1.165, 1.54) is 31.4 Å². The van der Waals surface area contributed by atoms with E-state index >= 15 is 0 Å². The summed E-state index contributed by atoms with van der Waals surface area (Å²) < 4.78 is 31.7. The number of nitrogens with one attached hydrogen (secondary N) is 1. The minimum atomic E-state index is -3.92. The van der Waals surface area contributed by atoms with Crippen LogP contribution in [0.3, 0.4) is 0 Å². The molecule has 0 saturated heterocycles. The van der Waals surface area contributed by atoms with Gasteiger partial charge in [-0.15, -0.1) is 0 Å². The molecular formula is C18H16N2O4S. The lowest BCUT2D eigenvalue weighted by molar-refractivity contribution is -0.120. The van der Waals surface area contributed by atoms with Crippen molar-refractivity contribution in [2.24, 2.45) is 5.92 Å². The first kappa shape index (κ1) is 17.0. The van der Waals surface area contributed by atoms with Gasteiger partial charge in [-0.3, -0.25) is 4.79 Å². The second kappa shape index (κ2) is 6.57. The Morgan fingerprint density at radius 3 is 2.60 bits per heavy atom. The van der Waals surface area contributed by atoms with Crippen molar-refractivity contribution < 1.29 is 17.9 Å². The van der Waals surface area contributed by atoms with Crippen molar-refractivity contribution in [2.45, 2.75) is 17.2 Å². The van der Waals surface area contributed by atoms with Crippen molar-refractivity contribution in [3.05, 3.63) is 59.7 Å². The van der Waals surface area contributed by atoms with E-state index in [0.717, 1.165) is 5.56 Å². The molecule has 1 aliphatic rings. The molecule has 1 saturated carbocycles. The third kappa shape index (κ3) is 3.64. The molecule has 2 aromatic rings. The Bertz CT molecular complexity index is 946. The molecule has 0 aliphatic heterocycles. The van der Waals surface area contributed by atoms with E-state index in [1.807, 2.05) is 6.07 Å². The van der Waals surface area contributed by atoms with Crippen LogP contribution in [0.25, 0.3) is 0 Å². The Morgan fingerprint density at radius 2 is 1.96 bits per heavy atom. The zero-order chi connectivity index (χ0) is 18.0. The summed E-state index contributed by atoms with van der Waals surface area (Å²) in [7, 11) is -2.43. The molecule has 2 atom stereocenters. The first-order valence-corrected chi connectivity index (χ1v) is 9.13. The lowest BCUT2D eigenvalue weighted by Gasteiger charge is -2.08. The Hall–Kier alpha value is -2.85. The molecule has 0 spiro atoms. The Labute approximate surface area is 146 Å². The molecule has 6 nitrogen and oxygen atoms in total. The van der Waals surface area contributed by atoms with Crippen molar-refractivity contribution in [1.82, 2.24) is 4.72 Å². The van der Waals surface area contributed by atoms with Crippen LogP contribution in [0.2, 0.25) is 0 Å². The summed E-state index contributed by atoms with van der Waals surface area (Å²) in [6, 6.07) is 14.9. The normalized spacial score (nSPS) is 18.9. The topological polar surface area (TPSA) is 96.3 Å². The van der Waals surface area contributed by atoms with Gasteiger partial charge >= 0.3 is 0 Å². The van der Waals surface area contributed by atoms with E-state index in [-0.39, 0.29) is 10.8 Å². The Morgan fingerprint density at radius 1 is 1.24 bits per heavy atom. The van der Waals surface area contributed by atoms with Gasteiger partial charge in [-0.25, -0.2) is 13.1 Å². The lowest BCUT2D eigenvalue weighted by atomic mass is 10.1. The smallest absolute Gasteiger partial charge is 0.264 e. The maximum atomic E-state index is 12.3. The summed E-state index contributed by atoms with van der Waals surface area (Å²) in [5.41, 5.74) is 1.40. The number of amides is 1. The minimum absolute atomic E-state index is 0.00493. The maximum absolute atomic E-state index is 12.3. The van der Waals surface area contributed by atoms with Gasteiger partial charge < -0.3 is 4.74 Å². The van der Waals surface area contributed by atoms with Crippen molar-refractivity contribution >= 4 is 15.9 Å². The van der Waals surface area contributed by atoms with Crippen LogP contribution in [0.5, 0.6) is 5.75 Å². The van der Waals surface area contributed by atoms with Gasteiger partial charge in [0.05, 0.1) is 23.6 Å². The average molecular weight is 356 g/mol. The summed E-state index contributed by atoms with van der Waals surface area (Å²) in [5, 5.41) is 8.94. The molecular weight excluding hydrogens is 340 g/mol. The minimum Gasteiger partial charge on any atom is -0.497 e. The second-order valence-corrected chi connectivity index (χ2v) is 7.51. The molecule has 1 N–H and O–H groups in total. The van der Waals surface area contributed by atoms with E-state index in [4.69, 9.17) is 10.00 Å². The van der Waals surface area contributed by atoms with Crippen LogP contribution in [0.4, 0.5) is 0 Å². The van der Waals surface area contributed by atoms with Crippen molar-refractivity contribution in [3.63, 3.8) is 0 Å². The summed E-state index contributed by atoms with van der Waals surface area (Å²) in [5.74, 6) is -0.450. The number of nitriles is 1. The number of nitrogens with zero attached hydrogens (tertiary/aromatic N) is 1. The highest BCUT2D eigenvalue weighted by molar-refractivity contribution is 7.90. The van der Waals surface area contributed by atoms with Gasteiger partial charge in [0.25, 0.3) is 10.0 Å². The standard InChI is InChI=1S/C18H16N2O4S/c1-24-14-5-7-15(8-6-14)25(22,23)20-18(21)17-10-16(17)13-4-2-3-12(9-13)11-19/h2-9,16-17H,10H2,1H3,(H,20,21)/t16-,17-/m1/s1. The highest BCUT2D eigenvalue weighted by Crippen LogP contribution is 2.47. The molecule has 0 unspecified atom stereocenters. The summed E-state index contributed by atoms with van der Waals surface area (Å²) in [6.07, 6.45) is 0.568. The summed E-state index contributed by atoms with van der Waals surface area (Å²) in [4.78, 5) is 12.3. The van der Waals surface area contributed by atoms with Crippen LogP contribution in [-0.4, -0.2) is 21.4 Å². The number of benzene rings is 2. The van der Waals surface area contributed by atoms with Crippen LogP contribution >= 0.6 is 0 Å². The molecule has 128 valence electrons. The fourth-order valence-electron chi connectivity index (χ4n) is 2.71. The SMILES string of the molecule is COc1ccc(S(=O)(=O)NC(=O)[C@@H]2C[C@@H]2c2cccc(C#N)c2)cc1. The quantitative estimate of drug-likeness (QED) is 0.886. The number of sulfonamides is 1. The Kier molecular flexibility index (Phi) is 4.47. The average Bonchev–Trinajstić information content (AvgIpc) is 3.42. The monoisotopic (exact) mass is 356 g/mol. The molecule has 0 aromatic heterocycles. The van der Waals surface area contributed by atoms with Gasteiger partial charge in [0, 0.05) is 5.92 Å². The van der Waals surface area contributed by atoms with Crippen LogP contribution < -0.4 is 9.46 Å². The van der Waals surface area contributed by atoms with E-state index in [0.29, 0.717) is 17.7 Å². The molecule has 0 bridgehead atoms. The number of hydrogen-bond acceptors (Lipinski definition) is 5. The van der Waals surface area contributed by atoms with E-state index in [9.17, 15) is 13.2 Å². The summed E-state index contributed by atoms with van der Waals surface area (Å²) >= 11 is 0. The van der Waals surface area contributed by atoms with Crippen molar-refractivity contribution in [1.29, 1.82) is 5.26 Å². The highest BCUT2D eigenvalue weighted by atomic mass is 32.2. The number of methoxy groups -OCH3 is 1. The molecule has 1 aliphatic carbocycles. The largest absolute Gasteiger partial charge is 0.497 e. The predicted molar refractivity (Wildman–Crippen MR) is 90.3 cm³/mol. The Balaban J connectivity index is 1.69. The third-order valence-electron chi connectivity index (χ3n) is 4.18. The number of carbonyl (C=O) groups excluding carboxylic acids is 1. The van der Waals surface area contributed by atoms with Crippen LogP contribution in [0, 0.1) is 17.2 Å². The zero-order valence-electron chi connectivity index (χ0n) is 13.5. The van der Waals surface area contributed by atoms with Gasteiger partial charge in [-0.2, -0.15) is 5.26 Å². The predicted octanol–water partition coefficient (Wildman–Crippen LogP) is 2.18. The third-order valence-corrected chi connectivity index (χ3v) is 5.54. The number of ether oxygens (including phenoxy) is 1. The van der Waals surface area contributed by atoms with Gasteiger partial charge in [0.15, 0.2) is 0 Å². The second-order valence-electron chi connectivity index (χ2n) is 5.83. The van der Waals surface area contributed by atoms with E-state index < -0.39 is 21.8 Å². The molecule has 25 heavy (non-hydrogen) atoms. The van der Waals surface area contributed by atoms with E-state index in [2.05, 4.69) is 10.8 Å². The number of rotatable bonds is 5. The van der Waals surface area contributed by atoms with Gasteiger partial charge in [-0.1, -0.05) is 12.1 Å². The zero-order valence-corrected chi connectivity index (χ0v) is 14.3. The van der Waals surface area contributed by atoms with Gasteiger partial charge in [0.2, 0.25) is 5.91 Å². The number of hydrogen-bond donors (Lipinski definition) is 1. The fourth-order valence-corrected chi connectivity index (χ4v) is 3.74. The first-order chi connectivity index (χ1) is 11.9. The number of carbonyl (C=O) groups is 1. The molecule has 0 heterocycles. The molecule has 3 rings (SSSR count). The molecule has 0 radical (unpaired) electrons. The molecule has 1 amide bonds. The maximum Gasteiger partial charge on any atom is 0.264 e.